The molecule has 0 aliphatic rings. The summed E-state index contributed by atoms with van der Waals surface area (Å²) in [5.74, 6) is -0.0879. The van der Waals surface area contributed by atoms with Gasteiger partial charge < -0.3 is 11.1 Å². The first-order valence-corrected chi connectivity index (χ1v) is 6.46. The van der Waals surface area contributed by atoms with Gasteiger partial charge in [-0.15, -0.1) is 11.3 Å². The molecule has 0 fully saturated rings. The summed E-state index contributed by atoms with van der Waals surface area (Å²) in [5.41, 5.74) is 6.46. The second-order valence-electron chi connectivity index (χ2n) is 3.76. The Balaban J connectivity index is 2.27. The molecule has 1 unspecified atom stereocenters. The fourth-order valence-electron chi connectivity index (χ4n) is 1.22. The Hall–Kier alpha value is -0.940. The Kier molecular flexibility index (Phi) is 5.42. The molecule has 4 nitrogen and oxygen atoms in total. The van der Waals surface area contributed by atoms with Gasteiger partial charge >= 0.3 is 0 Å². The van der Waals surface area contributed by atoms with Crippen LogP contribution in [0.4, 0.5) is 0 Å². The quantitative estimate of drug-likeness (QED) is 0.779. The standard InChI is InChI=1S/C11H19N3OS/c1-3-10-14-9(7-16-10)4-5-13-11(15)8(2)6-12/h7-8H,3-6,12H2,1-2H3,(H,13,15). The maximum absolute atomic E-state index is 11.4. The van der Waals surface area contributed by atoms with E-state index in [1.165, 1.54) is 0 Å². The van der Waals surface area contributed by atoms with E-state index in [1.54, 1.807) is 11.3 Å². The molecule has 1 atom stereocenters. The third-order valence-corrected chi connectivity index (χ3v) is 3.43. The fourth-order valence-corrected chi connectivity index (χ4v) is 2.00. The van der Waals surface area contributed by atoms with Gasteiger partial charge in [0.05, 0.1) is 10.7 Å². The number of aryl methyl sites for hydroxylation is 1. The number of nitrogens with one attached hydrogen (secondary N) is 1. The van der Waals surface area contributed by atoms with Gasteiger partial charge in [0.1, 0.15) is 0 Å². The Bertz CT molecular complexity index is 338. The minimum Gasteiger partial charge on any atom is -0.355 e. The van der Waals surface area contributed by atoms with E-state index < -0.39 is 0 Å². The first-order chi connectivity index (χ1) is 7.67. The Morgan fingerprint density at radius 3 is 3.00 bits per heavy atom. The molecule has 0 saturated heterocycles. The summed E-state index contributed by atoms with van der Waals surface area (Å²) >= 11 is 1.68. The first kappa shape index (κ1) is 13.1. The van der Waals surface area contributed by atoms with E-state index in [1.807, 2.05) is 6.92 Å². The number of hydrogen-bond donors (Lipinski definition) is 2. The van der Waals surface area contributed by atoms with Crippen LogP contribution in [0, 0.1) is 5.92 Å². The van der Waals surface area contributed by atoms with Crippen molar-refractivity contribution < 1.29 is 4.79 Å². The predicted octanol–water partition coefficient (Wildman–Crippen LogP) is 0.959. The van der Waals surface area contributed by atoms with Crippen LogP contribution in [-0.4, -0.2) is 24.0 Å². The lowest BCUT2D eigenvalue weighted by Crippen LogP contribution is -2.34. The highest BCUT2D eigenvalue weighted by atomic mass is 32.1. The monoisotopic (exact) mass is 241 g/mol. The molecular weight excluding hydrogens is 222 g/mol. The van der Waals surface area contributed by atoms with E-state index in [2.05, 4.69) is 22.6 Å². The van der Waals surface area contributed by atoms with E-state index in [-0.39, 0.29) is 11.8 Å². The molecule has 0 aliphatic heterocycles. The number of thiazole rings is 1. The highest BCUT2D eigenvalue weighted by molar-refractivity contribution is 7.09. The maximum atomic E-state index is 11.4. The lowest BCUT2D eigenvalue weighted by Gasteiger charge is -2.08. The summed E-state index contributed by atoms with van der Waals surface area (Å²) in [6, 6.07) is 0. The summed E-state index contributed by atoms with van der Waals surface area (Å²) in [4.78, 5) is 15.8. The molecule has 0 spiro atoms. The van der Waals surface area contributed by atoms with Gasteiger partial charge in [0.25, 0.3) is 0 Å². The van der Waals surface area contributed by atoms with Gasteiger partial charge in [-0.3, -0.25) is 4.79 Å². The van der Waals surface area contributed by atoms with Crippen LogP contribution < -0.4 is 11.1 Å². The zero-order chi connectivity index (χ0) is 12.0. The van der Waals surface area contributed by atoms with Crippen LogP contribution in [0.15, 0.2) is 5.38 Å². The van der Waals surface area contributed by atoms with Crippen LogP contribution in [0.1, 0.15) is 24.5 Å². The van der Waals surface area contributed by atoms with Crippen LogP contribution in [0.3, 0.4) is 0 Å². The minimum atomic E-state index is -0.110. The van der Waals surface area contributed by atoms with Crippen molar-refractivity contribution in [3.63, 3.8) is 0 Å². The van der Waals surface area contributed by atoms with E-state index in [0.717, 1.165) is 23.5 Å². The van der Waals surface area contributed by atoms with Crippen molar-refractivity contribution in [3.05, 3.63) is 16.1 Å². The molecule has 0 aromatic carbocycles. The zero-order valence-corrected chi connectivity index (χ0v) is 10.6. The number of rotatable bonds is 6. The molecule has 0 radical (unpaired) electrons. The summed E-state index contributed by atoms with van der Waals surface area (Å²) < 4.78 is 0. The van der Waals surface area contributed by atoms with Crippen molar-refractivity contribution in [3.8, 4) is 0 Å². The highest BCUT2D eigenvalue weighted by Crippen LogP contribution is 2.10. The number of carbonyl (C=O) groups is 1. The second kappa shape index (κ2) is 6.60. The molecule has 1 rings (SSSR count). The SMILES string of the molecule is CCc1nc(CCNC(=O)C(C)CN)cs1. The van der Waals surface area contributed by atoms with Gasteiger partial charge in [-0.25, -0.2) is 4.98 Å². The van der Waals surface area contributed by atoms with Crippen molar-refractivity contribution in [2.24, 2.45) is 11.7 Å². The predicted molar refractivity (Wildman–Crippen MR) is 66.4 cm³/mol. The lowest BCUT2D eigenvalue weighted by atomic mass is 10.1. The molecular formula is C11H19N3OS. The minimum absolute atomic E-state index is 0.0217. The Morgan fingerprint density at radius 1 is 1.69 bits per heavy atom. The average molecular weight is 241 g/mol. The first-order valence-electron chi connectivity index (χ1n) is 5.58. The van der Waals surface area contributed by atoms with Gasteiger partial charge in [0, 0.05) is 30.8 Å². The third-order valence-electron chi connectivity index (χ3n) is 2.38. The van der Waals surface area contributed by atoms with Crippen LogP contribution in [0.5, 0.6) is 0 Å². The lowest BCUT2D eigenvalue weighted by molar-refractivity contribution is -0.124. The molecule has 1 amide bonds. The van der Waals surface area contributed by atoms with Crippen LogP contribution >= 0.6 is 11.3 Å². The topological polar surface area (TPSA) is 68.0 Å². The third kappa shape index (κ3) is 3.90. The molecule has 0 bridgehead atoms. The second-order valence-corrected chi connectivity index (χ2v) is 4.71. The van der Waals surface area contributed by atoms with Crippen molar-refractivity contribution in [1.82, 2.24) is 10.3 Å². The Morgan fingerprint density at radius 2 is 2.44 bits per heavy atom. The summed E-state index contributed by atoms with van der Waals surface area (Å²) in [6.07, 6.45) is 1.76. The number of amides is 1. The number of nitrogens with two attached hydrogens (primary N) is 1. The molecule has 0 aliphatic carbocycles. The van der Waals surface area contributed by atoms with Crippen molar-refractivity contribution in [2.75, 3.05) is 13.1 Å². The number of hydrogen-bond acceptors (Lipinski definition) is 4. The van der Waals surface area contributed by atoms with Crippen LogP contribution in [0.2, 0.25) is 0 Å². The maximum Gasteiger partial charge on any atom is 0.224 e. The van der Waals surface area contributed by atoms with E-state index in [4.69, 9.17) is 5.73 Å². The average Bonchev–Trinajstić information content (AvgIpc) is 2.75. The molecule has 1 aromatic rings. The molecule has 3 N–H and O–H groups in total. The largest absolute Gasteiger partial charge is 0.355 e. The summed E-state index contributed by atoms with van der Waals surface area (Å²) in [6.45, 7) is 4.94. The molecule has 90 valence electrons. The molecule has 16 heavy (non-hydrogen) atoms. The number of aromatic nitrogens is 1. The smallest absolute Gasteiger partial charge is 0.224 e. The normalized spacial score (nSPS) is 12.4. The van der Waals surface area contributed by atoms with Gasteiger partial charge in [0.2, 0.25) is 5.91 Å². The molecule has 5 heteroatoms. The number of nitrogens with zero attached hydrogens (tertiary/aromatic N) is 1. The van der Waals surface area contributed by atoms with Gasteiger partial charge in [-0.2, -0.15) is 0 Å². The van der Waals surface area contributed by atoms with E-state index in [9.17, 15) is 4.79 Å². The van der Waals surface area contributed by atoms with E-state index in [0.29, 0.717) is 13.1 Å². The zero-order valence-electron chi connectivity index (χ0n) is 9.82. The van der Waals surface area contributed by atoms with Crippen molar-refractivity contribution >= 4 is 17.2 Å². The van der Waals surface area contributed by atoms with Crippen molar-refractivity contribution in [2.45, 2.75) is 26.7 Å². The van der Waals surface area contributed by atoms with Crippen molar-refractivity contribution in [1.29, 1.82) is 0 Å². The fraction of sp³-hybridized carbons (Fsp3) is 0.636. The molecule has 1 aromatic heterocycles. The van der Waals surface area contributed by atoms with Gasteiger partial charge in [-0.05, 0) is 6.42 Å². The van der Waals surface area contributed by atoms with Crippen LogP contribution in [-0.2, 0) is 17.6 Å². The van der Waals surface area contributed by atoms with Crippen LogP contribution in [0.25, 0.3) is 0 Å². The number of carbonyl (C=O) groups excluding carboxylic acids is 1. The molecule has 1 heterocycles. The summed E-state index contributed by atoms with van der Waals surface area (Å²) in [5, 5.41) is 6.06. The highest BCUT2D eigenvalue weighted by Gasteiger charge is 2.09. The van der Waals surface area contributed by atoms with Gasteiger partial charge in [-0.1, -0.05) is 13.8 Å². The molecule has 0 saturated carbocycles. The summed E-state index contributed by atoms with van der Waals surface area (Å²) in [7, 11) is 0. The van der Waals surface area contributed by atoms with Gasteiger partial charge in [0.15, 0.2) is 0 Å². The Labute approximate surface area is 100 Å². The van der Waals surface area contributed by atoms with E-state index >= 15 is 0 Å².